The molecule has 1 rings (SSSR count). The van der Waals surface area contributed by atoms with Gasteiger partial charge in [-0.05, 0) is 6.92 Å². The van der Waals surface area contributed by atoms with Crippen LogP contribution in [0, 0.1) is 0 Å². The molecule has 1 aromatic heterocycles. The monoisotopic (exact) mass is 256 g/mol. The number of carbonyl (C=O) groups is 2. The first-order valence-corrected chi connectivity index (χ1v) is 5.99. The molecule has 0 aliphatic rings. The molecule has 0 aliphatic heterocycles. The Labute approximate surface area is 104 Å². The SMILES string of the molecule is CCOC(=O)c1c(N(C)C)sc(C(C)=O)c1N. The smallest absolute Gasteiger partial charge is 0.343 e. The van der Waals surface area contributed by atoms with Crippen LogP contribution in [0.3, 0.4) is 0 Å². The normalized spacial score (nSPS) is 10.1. The molecule has 0 aliphatic carbocycles. The van der Waals surface area contributed by atoms with Crippen molar-refractivity contribution < 1.29 is 14.3 Å². The summed E-state index contributed by atoms with van der Waals surface area (Å²) in [6.07, 6.45) is 0. The molecular weight excluding hydrogens is 240 g/mol. The molecule has 1 aromatic rings. The fourth-order valence-corrected chi connectivity index (χ4v) is 2.44. The van der Waals surface area contributed by atoms with Gasteiger partial charge in [0.2, 0.25) is 0 Å². The van der Waals surface area contributed by atoms with Gasteiger partial charge in [-0.3, -0.25) is 4.79 Å². The fraction of sp³-hybridized carbons (Fsp3) is 0.455. The molecule has 0 atom stereocenters. The van der Waals surface area contributed by atoms with Crippen LogP contribution >= 0.6 is 11.3 Å². The molecule has 0 saturated heterocycles. The Balaban J connectivity index is 3.34. The van der Waals surface area contributed by atoms with Crippen molar-refractivity contribution in [3.05, 3.63) is 10.4 Å². The van der Waals surface area contributed by atoms with Crippen molar-refractivity contribution in [2.24, 2.45) is 0 Å². The van der Waals surface area contributed by atoms with Crippen molar-refractivity contribution in [1.29, 1.82) is 0 Å². The second-order valence-corrected chi connectivity index (χ2v) is 4.70. The summed E-state index contributed by atoms with van der Waals surface area (Å²) in [5.41, 5.74) is 6.33. The number of hydrogen-bond donors (Lipinski definition) is 1. The maximum Gasteiger partial charge on any atom is 0.343 e. The predicted octanol–water partition coefficient (Wildman–Crippen LogP) is 1.78. The lowest BCUT2D eigenvalue weighted by Crippen LogP contribution is -2.14. The maximum atomic E-state index is 11.8. The van der Waals surface area contributed by atoms with Gasteiger partial charge in [0.05, 0.1) is 17.2 Å². The van der Waals surface area contributed by atoms with E-state index >= 15 is 0 Å². The average Bonchev–Trinajstić information content (AvgIpc) is 2.56. The first-order valence-electron chi connectivity index (χ1n) is 5.17. The van der Waals surface area contributed by atoms with E-state index in [0.717, 1.165) is 0 Å². The standard InChI is InChI=1S/C11H16N2O3S/c1-5-16-11(15)7-8(12)9(6(2)14)17-10(7)13(3)4/h5,12H2,1-4H3. The first kappa shape index (κ1) is 13.5. The van der Waals surface area contributed by atoms with Gasteiger partial charge in [0.25, 0.3) is 0 Å². The summed E-state index contributed by atoms with van der Waals surface area (Å²) in [6, 6.07) is 0. The number of thiophene rings is 1. The number of nitrogens with two attached hydrogens (primary N) is 1. The van der Waals surface area contributed by atoms with Crippen molar-refractivity contribution in [3.63, 3.8) is 0 Å². The predicted molar refractivity (Wildman–Crippen MR) is 69.0 cm³/mol. The molecule has 0 unspecified atom stereocenters. The van der Waals surface area contributed by atoms with Crippen molar-refractivity contribution in [2.45, 2.75) is 13.8 Å². The van der Waals surface area contributed by atoms with E-state index in [4.69, 9.17) is 10.5 Å². The Bertz CT molecular complexity index is 452. The molecule has 0 radical (unpaired) electrons. The van der Waals surface area contributed by atoms with Crippen molar-refractivity contribution in [1.82, 2.24) is 0 Å². The molecular formula is C11H16N2O3S. The summed E-state index contributed by atoms with van der Waals surface area (Å²) in [6.45, 7) is 3.43. The molecule has 1 heterocycles. The minimum atomic E-state index is -0.488. The summed E-state index contributed by atoms with van der Waals surface area (Å²) >= 11 is 1.21. The largest absolute Gasteiger partial charge is 0.462 e. The molecule has 0 aromatic carbocycles. The van der Waals surface area contributed by atoms with E-state index in [-0.39, 0.29) is 23.6 Å². The number of carbonyl (C=O) groups excluding carboxylic acids is 2. The summed E-state index contributed by atoms with van der Waals surface area (Å²) in [5, 5.41) is 0.645. The lowest BCUT2D eigenvalue weighted by atomic mass is 10.2. The lowest BCUT2D eigenvalue weighted by Gasteiger charge is -2.12. The third kappa shape index (κ3) is 2.58. The number of hydrogen-bond acceptors (Lipinski definition) is 6. The van der Waals surface area contributed by atoms with E-state index in [9.17, 15) is 9.59 Å². The van der Waals surface area contributed by atoms with Crippen LogP contribution in [0.5, 0.6) is 0 Å². The second-order valence-electron chi connectivity index (χ2n) is 3.70. The van der Waals surface area contributed by atoms with Crippen LogP contribution in [0.15, 0.2) is 0 Å². The van der Waals surface area contributed by atoms with Gasteiger partial charge in [0.1, 0.15) is 10.6 Å². The number of nitrogens with zero attached hydrogens (tertiary/aromatic N) is 1. The van der Waals surface area contributed by atoms with Gasteiger partial charge < -0.3 is 15.4 Å². The third-order valence-corrected chi connectivity index (χ3v) is 3.61. The third-order valence-electron chi connectivity index (χ3n) is 2.13. The summed E-state index contributed by atoms with van der Waals surface area (Å²) in [4.78, 5) is 25.3. The van der Waals surface area contributed by atoms with Gasteiger partial charge in [-0.25, -0.2) is 4.79 Å². The zero-order valence-electron chi connectivity index (χ0n) is 10.4. The summed E-state index contributed by atoms with van der Waals surface area (Å²) < 4.78 is 4.94. The molecule has 94 valence electrons. The Hall–Kier alpha value is -1.56. The molecule has 2 N–H and O–H groups in total. The van der Waals surface area contributed by atoms with Crippen molar-refractivity contribution in [3.8, 4) is 0 Å². The van der Waals surface area contributed by atoms with E-state index < -0.39 is 5.97 Å². The molecule has 0 saturated carbocycles. The molecule has 0 fully saturated rings. The molecule has 0 spiro atoms. The zero-order valence-corrected chi connectivity index (χ0v) is 11.2. The van der Waals surface area contributed by atoms with E-state index in [2.05, 4.69) is 0 Å². The minimum absolute atomic E-state index is 0.147. The number of ether oxygens (including phenoxy) is 1. The van der Waals surface area contributed by atoms with Crippen LogP contribution in [0.25, 0.3) is 0 Å². The topological polar surface area (TPSA) is 72.6 Å². The molecule has 17 heavy (non-hydrogen) atoms. The minimum Gasteiger partial charge on any atom is -0.462 e. The van der Waals surface area contributed by atoms with Crippen LogP contribution in [0.2, 0.25) is 0 Å². The van der Waals surface area contributed by atoms with Crippen molar-refractivity contribution in [2.75, 3.05) is 31.3 Å². The second kappa shape index (κ2) is 5.18. The Morgan fingerprint density at radius 2 is 2.00 bits per heavy atom. The van der Waals surface area contributed by atoms with Crippen LogP contribution in [0.4, 0.5) is 10.7 Å². The quantitative estimate of drug-likeness (QED) is 0.656. The first-order chi connectivity index (χ1) is 7.90. The van der Waals surface area contributed by atoms with Gasteiger partial charge >= 0.3 is 5.97 Å². The summed E-state index contributed by atoms with van der Waals surface area (Å²) in [5.74, 6) is -0.636. The van der Waals surface area contributed by atoms with E-state index in [1.165, 1.54) is 18.3 Å². The van der Waals surface area contributed by atoms with E-state index in [1.807, 2.05) is 0 Å². The highest BCUT2D eigenvalue weighted by Gasteiger charge is 2.25. The number of rotatable bonds is 4. The van der Waals surface area contributed by atoms with Gasteiger partial charge in [0.15, 0.2) is 5.78 Å². The van der Waals surface area contributed by atoms with Crippen molar-refractivity contribution >= 4 is 33.8 Å². The lowest BCUT2D eigenvalue weighted by molar-refractivity contribution is 0.0529. The Kier molecular flexibility index (Phi) is 4.11. The molecule has 5 nitrogen and oxygen atoms in total. The number of anilines is 2. The van der Waals surface area contributed by atoms with Crippen LogP contribution in [-0.2, 0) is 4.74 Å². The molecule has 6 heteroatoms. The number of Topliss-reactive ketones (excluding diaryl/α,β-unsaturated/α-hetero) is 1. The van der Waals surface area contributed by atoms with Gasteiger partial charge in [-0.2, -0.15) is 0 Å². The average molecular weight is 256 g/mol. The maximum absolute atomic E-state index is 11.8. The molecule has 0 bridgehead atoms. The van der Waals surface area contributed by atoms with Crippen LogP contribution in [-0.4, -0.2) is 32.5 Å². The number of ketones is 1. The Morgan fingerprint density at radius 3 is 2.41 bits per heavy atom. The van der Waals surface area contributed by atoms with Gasteiger partial charge in [-0.15, -0.1) is 11.3 Å². The molecule has 0 amide bonds. The van der Waals surface area contributed by atoms with Crippen LogP contribution < -0.4 is 10.6 Å². The summed E-state index contributed by atoms with van der Waals surface area (Å²) in [7, 11) is 3.58. The highest BCUT2D eigenvalue weighted by Crippen LogP contribution is 2.38. The number of nitrogen functional groups attached to an aromatic ring is 1. The van der Waals surface area contributed by atoms with Gasteiger partial charge in [0, 0.05) is 21.0 Å². The zero-order chi connectivity index (χ0) is 13.2. The van der Waals surface area contributed by atoms with Crippen LogP contribution in [0.1, 0.15) is 33.9 Å². The number of esters is 1. The highest BCUT2D eigenvalue weighted by atomic mass is 32.1. The Morgan fingerprint density at radius 1 is 1.41 bits per heavy atom. The van der Waals surface area contributed by atoms with Gasteiger partial charge in [-0.1, -0.05) is 0 Å². The highest BCUT2D eigenvalue weighted by molar-refractivity contribution is 7.19. The van der Waals surface area contributed by atoms with E-state index in [1.54, 1.807) is 25.9 Å². The van der Waals surface area contributed by atoms with E-state index in [0.29, 0.717) is 9.88 Å². The fourth-order valence-electron chi connectivity index (χ4n) is 1.41.